The first kappa shape index (κ1) is 20.4. The van der Waals surface area contributed by atoms with E-state index in [-0.39, 0.29) is 12.4 Å². The van der Waals surface area contributed by atoms with E-state index >= 15 is 0 Å². The van der Waals surface area contributed by atoms with Crippen molar-refractivity contribution in [2.24, 2.45) is 5.10 Å². The first-order chi connectivity index (χ1) is 15.1. The van der Waals surface area contributed by atoms with Crippen LogP contribution in [0, 0.1) is 11.3 Å². The number of carbonyl (C=O) groups excluding carboxylic acids is 1. The van der Waals surface area contributed by atoms with Crippen LogP contribution in [-0.2, 0) is 6.61 Å². The molecule has 0 unspecified atom stereocenters. The zero-order valence-electron chi connectivity index (χ0n) is 16.2. The fourth-order valence-electron chi connectivity index (χ4n) is 2.94. The number of halogens is 1. The van der Waals surface area contributed by atoms with Gasteiger partial charge in [-0.3, -0.25) is 4.79 Å². The highest BCUT2D eigenvalue weighted by Gasteiger charge is 2.11. The summed E-state index contributed by atoms with van der Waals surface area (Å²) in [4.78, 5) is 12.2. The highest BCUT2D eigenvalue weighted by Crippen LogP contribution is 2.27. The molecule has 0 aliphatic heterocycles. The second kappa shape index (κ2) is 9.28. The Hall–Kier alpha value is -3.89. The summed E-state index contributed by atoms with van der Waals surface area (Å²) in [5.41, 5.74) is 5.27. The van der Waals surface area contributed by atoms with Crippen molar-refractivity contribution >= 4 is 39.0 Å². The van der Waals surface area contributed by atoms with E-state index < -0.39 is 5.91 Å². The zero-order chi connectivity index (χ0) is 21.6. The Labute approximate surface area is 186 Å². The molecule has 0 aliphatic carbocycles. The van der Waals surface area contributed by atoms with Gasteiger partial charge < -0.3 is 9.15 Å². The molecule has 1 amide bonds. The number of carbonyl (C=O) groups is 1. The molecule has 0 bridgehead atoms. The van der Waals surface area contributed by atoms with E-state index in [4.69, 9.17) is 9.15 Å². The Balaban J connectivity index is 1.38. The maximum atomic E-state index is 12.2. The van der Waals surface area contributed by atoms with Gasteiger partial charge in [-0.25, -0.2) is 5.43 Å². The van der Waals surface area contributed by atoms with Crippen LogP contribution < -0.4 is 10.2 Å². The Morgan fingerprint density at radius 1 is 1.13 bits per heavy atom. The van der Waals surface area contributed by atoms with Crippen LogP contribution in [0.15, 0.2) is 86.8 Å². The Bertz CT molecular complexity index is 1290. The molecule has 4 aromatic rings. The number of nitriles is 1. The number of hydrazone groups is 1. The maximum absolute atomic E-state index is 12.2. The Morgan fingerprint density at radius 2 is 1.94 bits per heavy atom. The van der Waals surface area contributed by atoms with Gasteiger partial charge in [0.15, 0.2) is 5.76 Å². The van der Waals surface area contributed by atoms with Crippen LogP contribution in [0.2, 0.25) is 0 Å². The van der Waals surface area contributed by atoms with Crippen molar-refractivity contribution in [2.45, 2.75) is 6.61 Å². The van der Waals surface area contributed by atoms with Gasteiger partial charge in [-0.15, -0.1) is 0 Å². The summed E-state index contributed by atoms with van der Waals surface area (Å²) in [6.45, 7) is 0.281. The SMILES string of the molecule is N#Cc1ccccc1COc1ccc(/C=N\NC(=O)c2cc3ccccc3o2)cc1Br. The molecule has 0 saturated heterocycles. The lowest BCUT2D eigenvalue weighted by Gasteiger charge is -2.09. The number of fused-ring (bicyclic) bond motifs is 1. The van der Waals surface area contributed by atoms with Crippen molar-refractivity contribution in [3.8, 4) is 11.8 Å². The number of nitrogens with one attached hydrogen (secondary N) is 1. The number of hydrogen-bond acceptors (Lipinski definition) is 5. The zero-order valence-corrected chi connectivity index (χ0v) is 17.8. The third kappa shape index (κ3) is 4.82. The van der Waals surface area contributed by atoms with Gasteiger partial charge in [-0.1, -0.05) is 36.4 Å². The molecule has 0 radical (unpaired) electrons. The average molecular weight is 474 g/mol. The van der Waals surface area contributed by atoms with Crippen molar-refractivity contribution in [1.29, 1.82) is 5.26 Å². The highest BCUT2D eigenvalue weighted by molar-refractivity contribution is 9.10. The van der Waals surface area contributed by atoms with Gasteiger partial charge in [-0.05, 0) is 57.9 Å². The van der Waals surface area contributed by atoms with E-state index in [1.54, 1.807) is 24.3 Å². The van der Waals surface area contributed by atoms with Gasteiger partial charge in [0.05, 0.1) is 22.3 Å². The number of rotatable bonds is 6. The molecule has 152 valence electrons. The predicted octanol–water partition coefficient (Wildman–Crippen LogP) is 5.41. The number of amides is 1. The van der Waals surface area contributed by atoms with E-state index in [1.807, 2.05) is 48.5 Å². The molecule has 6 nitrogen and oxygen atoms in total. The molecule has 1 heterocycles. The van der Waals surface area contributed by atoms with Crippen LogP contribution in [0.1, 0.15) is 27.2 Å². The molecule has 3 aromatic carbocycles. The number of nitrogens with zero attached hydrogens (tertiary/aromatic N) is 2. The van der Waals surface area contributed by atoms with Crippen LogP contribution in [0.4, 0.5) is 0 Å². The second-order valence-electron chi connectivity index (χ2n) is 6.60. The smallest absolute Gasteiger partial charge is 0.307 e. The van der Waals surface area contributed by atoms with Crippen LogP contribution >= 0.6 is 15.9 Å². The number of benzene rings is 3. The molecular weight excluding hydrogens is 458 g/mol. The lowest BCUT2D eigenvalue weighted by Crippen LogP contribution is -2.16. The molecule has 0 spiro atoms. The first-order valence-corrected chi connectivity index (χ1v) is 10.2. The summed E-state index contributed by atoms with van der Waals surface area (Å²) in [6, 6.07) is 24.0. The summed E-state index contributed by atoms with van der Waals surface area (Å²) in [5, 5.41) is 14.0. The molecule has 0 atom stereocenters. The summed E-state index contributed by atoms with van der Waals surface area (Å²) in [5.74, 6) is 0.403. The van der Waals surface area contributed by atoms with Gasteiger partial charge in [0, 0.05) is 10.9 Å². The van der Waals surface area contributed by atoms with Gasteiger partial charge >= 0.3 is 5.91 Å². The lowest BCUT2D eigenvalue weighted by molar-refractivity contribution is 0.0929. The van der Waals surface area contributed by atoms with E-state index in [2.05, 4.69) is 32.5 Å². The van der Waals surface area contributed by atoms with Crippen LogP contribution in [-0.4, -0.2) is 12.1 Å². The summed E-state index contributed by atoms with van der Waals surface area (Å²) in [6.07, 6.45) is 1.53. The van der Waals surface area contributed by atoms with Gasteiger partial charge in [0.25, 0.3) is 0 Å². The predicted molar refractivity (Wildman–Crippen MR) is 121 cm³/mol. The fraction of sp³-hybridized carbons (Fsp3) is 0.0417. The highest BCUT2D eigenvalue weighted by atomic mass is 79.9. The van der Waals surface area contributed by atoms with Crippen molar-refractivity contribution in [3.05, 3.63) is 99.7 Å². The van der Waals surface area contributed by atoms with E-state index in [1.165, 1.54) is 6.21 Å². The molecule has 1 aromatic heterocycles. The largest absolute Gasteiger partial charge is 0.488 e. The monoisotopic (exact) mass is 473 g/mol. The number of ether oxygens (including phenoxy) is 1. The molecule has 4 rings (SSSR count). The van der Waals surface area contributed by atoms with Gasteiger partial charge in [-0.2, -0.15) is 10.4 Å². The van der Waals surface area contributed by atoms with Crippen molar-refractivity contribution < 1.29 is 13.9 Å². The maximum Gasteiger partial charge on any atom is 0.307 e. The summed E-state index contributed by atoms with van der Waals surface area (Å²) < 4.78 is 12.1. The standard InChI is InChI=1S/C24H16BrN3O3/c25-20-11-16(9-10-22(20)30-15-19-7-2-1-6-18(19)13-26)14-27-28-24(29)23-12-17-5-3-4-8-21(17)31-23/h1-12,14H,15H2,(H,28,29)/b27-14-. The second-order valence-corrected chi connectivity index (χ2v) is 7.45. The molecule has 31 heavy (non-hydrogen) atoms. The Morgan fingerprint density at radius 3 is 2.74 bits per heavy atom. The van der Waals surface area contributed by atoms with Crippen LogP contribution in [0.25, 0.3) is 11.0 Å². The normalized spacial score (nSPS) is 10.8. The number of hydrogen-bond donors (Lipinski definition) is 1. The van der Waals surface area contributed by atoms with Crippen molar-refractivity contribution in [3.63, 3.8) is 0 Å². The van der Waals surface area contributed by atoms with E-state index in [0.29, 0.717) is 16.9 Å². The van der Waals surface area contributed by atoms with Gasteiger partial charge in [0.1, 0.15) is 17.9 Å². The third-order valence-electron chi connectivity index (χ3n) is 4.51. The quantitative estimate of drug-likeness (QED) is 0.299. The van der Waals surface area contributed by atoms with E-state index in [9.17, 15) is 10.1 Å². The van der Waals surface area contributed by atoms with E-state index in [0.717, 1.165) is 21.0 Å². The lowest BCUT2D eigenvalue weighted by atomic mass is 10.1. The summed E-state index contributed by atoms with van der Waals surface area (Å²) in [7, 11) is 0. The van der Waals surface area contributed by atoms with Crippen molar-refractivity contribution in [1.82, 2.24) is 5.43 Å². The number of furan rings is 1. The molecule has 0 aliphatic rings. The van der Waals surface area contributed by atoms with Crippen LogP contribution in [0.5, 0.6) is 5.75 Å². The molecule has 7 heteroatoms. The minimum Gasteiger partial charge on any atom is -0.488 e. The molecule has 0 saturated carbocycles. The fourth-order valence-corrected chi connectivity index (χ4v) is 3.45. The first-order valence-electron chi connectivity index (χ1n) is 9.36. The minimum atomic E-state index is -0.428. The minimum absolute atomic E-state index is 0.195. The average Bonchev–Trinajstić information content (AvgIpc) is 3.23. The molecular formula is C24H16BrN3O3. The van der Waals surface area contributed by atoms with Gasteiger partial charge in [0.2, 0.25) is 0 Å². The summed E-state index contributed by atoms with van der Waals surface area (Å²) >= 11 is 3.48. The topological polar surface area (TPSA) is 87.6 Å². The molecule has 0 fully saturated rings. The van der Waals surface area contributed by atoms with Crippen LogP contribution in [0.3, 0.4) is 0 Å². The third-order valence-corrected chi connectivity index (χ3v) is 5.13. The Kier molecular flexibility index (Phi) is 6.11. The molecule has 1 N–H and O–H groups in total. The van der Waals surface area contributed by atoms with Crippen molar-refractivity contribution in [2.75, 3.05) is 0 Å². The number of para-hydroxylation sites is 1.